The third-order valence-corrected chi connectivity index (χ3v) is 5.50. The van der Waals surface area contributed by atoms with Gasteiger partial charge in [-0.2, -0.15) is 9.78 Å². The molecule has 172 valence electrons. The van der Waals surface area contributed by atoms with Gasteiger partial charge in [-0.25, -0.2) is 4.79 Å². The van der Waals surface area contributed by atoms with E-state index in [1.165, 1.54) is 7.11 Å². The molecule has 0 saturated carbocycles. The number of benzene rings is 3. The van der Waals surface area contributed by atoms with Crippen molar-refractivity contribution >= 4 is 39.9 Å². The third kappa shape index (κ3) is 4.62. The van der Waals surface area contributed by atoms with Crippen LogP contribution in [-0.2, 0) is 9.53 Å². The minimum absolute atomic E-state index is 0.0771. The molecule has 0 atom stereocenters. The van der Waals surface area contributed by atoms with E-state index < -0.39 is 18.5 Å². The summed E-state index contributed by atoms with van der Waals surface area (Å²) in [5, 5.41) is 8.02. The molecule has 0 unspecified atom stereocenters. The second kappa shape index (κ2) is 9.76. The molecule has 3 aromatic carbocycles. The van der Waals surface area contributed by atoms with E-state index in [1.807, 2.05) is 0 Å². The highest BCUT2D eigenvalue weighted by Crippen LogP contribution is 2.30. The number of ether oxygens (including phenoxy) is 2. The number of hydrogen-bond donors (Lipinski definition) is 1. The largest absolute Gasteiger partial charge is 0.495 e. The number of nitrogens with one attached hydrogen (secondary N) is 1. The Bertz CT molecular complexity index is 1450. The van der Waals surface area contributed by atoms with Gasteiger partial charge in [0, 0.05) is 16.5 Å². The van der Waals surface area contributed by atoms with Gasteiger partial charge < -0.3 is 14.8 Å². The van der Waals surface area contributed by atoms with Crippen LogP contribution in [0.25, 0.3) is 16.5 Å². The van der Waals surface area contributed by atoms with Gasteiger partial charge in [-0.05, 0) is 36.8 Å². The lowest BCUT2D eigenvalue weighted by molar-refractivity contribution is -0.119. The maximum Gasteiger partial charge on any atom is 0.359 e. The van der Waals surface area contributed by atoms with E-state index in [-0.39, 0.29) is 11.3 Å². The number of para-hydroxylation sites is 1. The zero-order valence-corrected chi connectivity index (χ0v) is 19.1. The van der Waals surface area contributed by atoms with E-state index in [1.54, 1.807) is 73.7 Å². The van der Waals surface area contributed by atoms with Crippen LogP contribution in [0.2, 0.25) is 5.02 Å². The predicted molar refractivity (Wildman–Crippen MR) is 129 cm³/mol. The minimum Gasteiger partial charge on any atom is -0.495 e. The first-order valence-corrected chi connectivity index (χ1v) is 10.7. The number of esters is 1. The molecule has 0 aliphatic carbocycles. The maximum absolute atomic E-state index is 12.9. The van der Waals surface area contributed by atoms with Crippen molar-refractivity contribution in [2.45, 2.75) is 6.92 Å². The molecule has 34 heavy (non-hydrogen) atoms. The molecule has 4 rings (SSSR count). The molecule has 0 radical (unpaired) electrons. The molecule has 0 saturated heterocycles. The molecular weight excluding hydrogens is 458 g/mol. The van der Waals surface area contributed by atoms with E-state index in [0.29, 0.717) is 32.9 Å². The Morgan fingerprint density at radius 3 is 2.41 bits per heavy atom. The number of anilines is 1. The molecular formula is C25H20ClN3O5. The van der Waals surface area contributed by atoms with Crippen LogP contribution >= 0.6 is 11.6 Å². The lowest BCUT2D eigenvalue weighted by atomic mass is 10.1. The zero-order valence-electron chi connectivity index (χ0n) is 18.4. The smallest absolute Gasteiger partial charge is 0.359 e. The first-order chi connectivity index (χ1) is 16.4. The third-order valence-electron chi connectivity index (χ3n) is 5.09. The Morgan fingerprint density at radius 2 is 1.71 bits per heavy atom. The SMILES string of the molecule is COc1cc(Cl)c(C)cc1NC(=O)COC(=O)c1nn(-c2ccccc2)c(=O)c2ccccc12. The maximum atomic E-state index is 12.9. The van der Waals surface area contributed by atoms with Crippen molar-refractivity contribution in [1.82, 2.24) is 9.78 Å². The summed E-state index contributed by atoms with van der Waals surface area (Å²) in [6.45, 7) is 1.22. The highest BCUT2D eigenvalue weighted by Gasteiger charge is 2.20. The zero-order chi connectivity index (χ0) is 24.2. The number of carbonyl (C=O) groups is 2. The Hall–Kier alpha value is -4.17. The molecule has 9 heteroatoms. The number of amides is 1. The van der Waals surface area contributed by atoms with Crippen LogP contribution in [0.15, 0.2) is 71.5 Å². The molecule has 0 aliphatic rings. The number of fused-ring (bicyclic) bond motifs is 1. The second-order valence-corrected chi connectivity index (χ2v) is 7.78. The predicted octanol–water partition coefficient (Wildman–Crippen LogP) is 4.15. The fourth-order valence-electron chi connectivity index (χ4n) is 3.40. The van der Waals surface area contributed by atoms with Crippen molar-refractivity contribution in [1.29, 1.82) is 0 Å². The summed E-state index contributed by atoms with van der Waals surface area (Å²) in [4.78, 5) is 38.3. The normalized spacial score (nSPS) is 10.7. The van der Waals surface area contributed by atoms with Gasteiger partial charge in [0.25, 0.3) is 11.5 Å². The number of halogens is 1. The molecule has 0 aliphatic heterocycles. The molecule has 8 nitrogen and oxygen atoms in total. The Balaban J connectivity index is 1.59. The van der Waals surface area contributed by atoms with E-state index in [0.717, 1.165) is 10.2 Å². The van der Waals surface area contributed by atoms with E-state index in [9.17, 15) is 14.4 Å². The topological polar surface area (TPSA) is 99.5 Å². The summed E-state index contributed by atoms with van der Waals surface area (Å²) in [7, 11) is 1.45. The van der Waals surface area contributed by atoms with Crippen LogP contribution in [0.3, 0.4) is 0 Å². The number of aromatic nitrogens is 2. The van der Waals surface area contributed by atoms with Crippen molar-refractivity contribution in [3.63, 3.8) is 0 Å². The van der Waals surface area contributed by atoms with Crippen LogP contribution in [0.5, 0.6) is 5.75 Å². The van der Waals surface area contributed by atoms with Crippen LogP contribution in [0, 0.1) is 6.92 Å². The van der Waals surface area contributed by atoms with Crippen molar-refractivity contribution < 1.29 is 19.1 Å². The second-order valence-electron chi connectivity index (χ2n) is 7.37. The molecule has 0 bridgehead atoms. The monoisotopic (exact) mass is 477 g/mol. The highest BCUT2D eigenvalue weighted by atomic mass is 35.5. The number of methoxy groups -OCH3 is 1. The summed E-state index contributed by atoms with van der Waals surface area (Å²) < 4.78 is 11.6. The average Bonchev–Trinajstić information content (AvgIpc) is 2.85. The van der Waals surface area contributed by atoms with Crippen molar-refractivity contribution in [2.24, 2.45) is 0 Å². The van der Waals surface area contributed by atoms with E-state index in [4.69, 9.17) is 21.1 Å². The lowest BCUT2D eigenvalue weighted by Crippen LogP contribution is -2.26. The van der Waals surface area contributed by atoms with E-state index in [2.05, 4.69) is 10.4 Å². The Labute approximate surface area is 199 Å². The minimum atomic E-state index is -0.838. The number of nitrogens with zero attached hydrogens (tertiary/aromatic N) is 2. The molecule has 1 aromatic heterocycles. The number of hydrogen-bond acceptors (Lipinski definition) is 6. The van der Waals surface area contributed by atoms with Crippen molar-refractivity contribution in [3.8, 4) is 11.4 Å². The standard InChI is InChI=1S/C25H20ClN3O5/c1-15-12-20(21(33-2)13-19(15)26)27-22(30)14-34-25(32)23-17-10-6-7-11-18(17)24(31)29(28-23)16-8-4-3-5-9-16/h3-13H,14H2,1-2H3,(H,27,30). The Morgan fingerprint density at radius 1 is 1.03 bits per heavy atom. The van der Waals surface area contributed by atoms with Crippen LogP contribution in [0.1, 0.15) is 16.1 Å². The fourth-order valence-corrected chi connectivity index (χ4v) is 3.55. The number of rotatable bonds is 6. The first kappa shape index (κ1) is 23.0. The summed E-state index contributed by atoms with van der Waals surface area (Å²) >= 11 is 6.09. The summed E-state index contributed by atoms with van der Waals surface area (Å²) in [5.41, 5.74) is 1.18. The molecule has 1 heterocycles. The van der Waals surface area contributed by atoms with Crippen LogP contribution in [0.4, 0.5) is 5.69 Å². The first-order valence-electron chi connectivity index (χ1n) is 10.3. The van der Waals surface area contributed by atoms with Gasteiger partial charge in [0.2, 0.25) is 0 Å². The molecule has 1 N–H and O–H groups in total. The van der Waals surface area contributed by atoms with Crippen molar-refractivity contribution in [2.75, 3.05) is 19.0 Å². The van der Waals surface area contributed by atoms with Gasteiger partial charge in [0.15, 0.2) is 12.3 Å². The Kier molecular flexibility index (Phi) is 6.60. The average molecular weight is 478 g/mol. The fraction of sp³-hybridized carbons (Fsp3) is 0.120. The summed E-state index contributed by atoms with van der Waals surface area (Å²) in [6.07, 6.45) is 0. The molecule has 0 fully saturated rings. The number of carbonyl (C=O) groups excluding carboxylic acids is 2. The van der Waals surface area contributed by atoms with Crippen molar-refractivity contribution in [3.05, 3.63) is 93.4 Å². The molecule has 0 spiro atoms. The van der Waals surface area contributed by atoms with Gasteiger partial charge in [-0.3, -0.25) is 9.59 Å². The van der Waals surface area contributed by atoms with Gasteiger partial charge in [0.05, 0.1) is 23.9 Å². The summed E-state index contributed by atoms with van der Waals surface area (Å²) in [5.74, 6) is -1.04. The molecule has 1 amide bonds. The van der Waals surface area contributed by atoms with Crippen LogP contribution < -0.4 is 15.6 Å². The van der Waals surface area contributed by atoms with Gasteiger partial charge in [0.1, 0.15) is 5.75 Å². The van der Waals surface area contributed by atoms with E-state index >= 15 is 0 Å². The van der Waals surface area contributed by atoms with Gasteiger partial charge in [-0.15, -0.1) is 0 Å². The molecule has 4 aromatic rings. The number of aryl methyl sites for hydroxylation is 1. The van der Waals surface area contributed by atoms with Gasteiger partial charge >= 0.3 is 5.97 Å². The summed E-state index contributed by atoms with van der Waals surface area (Å²) in [6, 6.07) is 18.6. The van der Waals surface area contributed by atoms with Gasteiger partial charge in [-0.1, -0.05) is 48.0 Å². The van der Waals surface area contributed by atoms with Crippen LogP contribution in [-0.4, -0.2) is 35.4 Å². The lowest BCUT2D eigenvalue weighted by Gasteiger charge is -2.13. The quantitative estimate of drug-likeness (QED) is 0.419. The highest BCUT2D eigenvalue weighted by molar-refractivity contribution is 6.31.